The molecule has 3 aliphatic rings. The van der Waals surface area contributed by atoms with Gasteiger partial charge < -0.3 is 20.1 Å². The minimum Gasteiger partial charge on any atom is -0.497 e. The van der Waals surface area contributed by atoms with E-state index in [0.29, 0.717) is 23.5 Å². The van der Waals surface area contributed by atoms with Gasteiger partial charge in [-0.15, -0.1) is 24.0 Å². The summed E-state index contributed by atoms with van der Waals surface area (Å²) < 4.78 is 11.2. The fourth-order valence-electron chi connectivity index (χ4n) is 5.01. The zero-order valence-electron chi connectivity index (χ0n) is 16.4. The average Bonchev–Trinajstić information content (AvgIpc) is 3.04. The van der Waals surface area contributed by atoms with Crippen LogP contribution in [-0.2, 0) is 11.2 Å². The van der Waals surface area contributed by atoms with Crippen LogP contribution in [-0.4, -0.2) is 44.9 Å². The monoisotopic (exact) mass is 485 g/mol. The molecular formula is C21H32IN3O2. The summed E-state index contributed by atoms with van der Waals surface area (Å²) in [6.45, 7) is 4.73. The quantitative estimate of drug-likeness (QED) is 0.369. The van der Waals surface area contributed by atoms with Crippen molar-refractivity contribution in [2.75, 3.05) is 26.8 Å². The highest BCUT2D eigenvalue weighted by Gasteiger charge is 2.66. The summed E-state index contributed by atoms with van der Waals surface area (Å²) in [7, 11) is 1.70. The lowest BCUT2D eigenvalue weighted by molar-refractivity contribution is -0.171. The molecule has 0 amide bonds. The molecule has 4 rings (SSSR count). The number of fused-ring (bicyclic) bond motifs is 2. The van der Waals surface area contributed by atoms with Gasteiger partial charge in [-0.2, -0.15) is 0 Å². The van der Waals surface area contributed by atoms with Crippen LogP contribution >= 0.6 is 24.0 Å². The number of guanidine groups is 1. The third kappa shape index (κ3) is 3.92. The van der Waals surface area contributed by atoms with Gasteiger partial charge in [0.05, 0.1) is 13.2 Å². The van der Waals surface area contributed by atoms with E-state index in [-0.39, 0.29) is 24.0 Å². The Balaban J connectivity index is 0.00000210. The van der Waals surface area contributed by atoms with Crippen LogP contribution in [0.25, 0.3) is 0 Å². The first-order chi connectivity index (χ1) is 12.8. The van der Waals surface area contributed by atoms with Gasteiger partial charge in [0.25, 0.3) is 0 Å². The number of aliphatic imine (C=N–C) groups is 1. The maximum atomic E-state index is 6.03. The summed E-state index contributed by atoms with van der Waals surface area (Å²) in [6, 6.07) is 8.78. The third-order valence-corrected chi connectivity index (χ3v) is 6.50. The van der Waals surface area contributed by atoms with Gasteiger partial charge in [-0.05, 0) is 50.3 Å². The van der Waals surface area contributed by atoms with Gasteiger partial charge >= 0.3 is 0 Å². The van der Waals surface area contributed by atoms with Gasteiger partial charge in [-0.25, -0.2) is 0 Å². The fraction of sp³-hybridized carbons (Fsp3) is 0.667. The summed E-state index contributed by atoms with van der Waals surface area (Å²) in [5.74, 6) is 2.53. The highest BCUT2D eigenvalue weighted by Crippen LogP contribution is 2.62. The molecule has 1 aromatic rings. The summed E-state index contributed by atoms with van der Waals surface area (Å²) in [5, 5.41) is 7.19. The highest BCUT2D eigenvalue weighted by atomic mass is 127. The standard InChI is InChI=1S/C21H31N3O2.HI/c1-3-22-20(23-13-9-15-5-7-16(25-2)8-6-15)24-18-17-10-14-26-19(17)21(18)11-4-12-21;/h5-8,17-19H,3-4,9-14H2,1-2H3,(H2,22,23,24);1H. The maximum Gasteiger partial charge on any atom is 0.191 e. The van der Waals surface area contributed by atoms with Crippen molar-refractivity contribution >= 4 is 29.9 Å². The van der Waals surface area contributed by atoms with E-state index in [4.69, 9.17) is 14.5 Å². The molecule has 1 aliphatic heterocycles. The Kier molecular flexibility index (Phi) is 6.89. The van der Waals surface area contributed by atoms with Crippen LogP contribution < -0.4 is 15.4 Å². The van der Waals surface area contributed by atoms with Crippen LogP contribution in [0.5, 0.6) is 5.75 Å². The van der Waals surface area contributed by atoms with E-state index >= 15 is 0 Å². The first-order valence-corrected chi connectivity index (χ1v) is 10.1. The Morgan fingerprint density at radius 1 is 1.30 bits per heavy atom. The number of nitrogens with zero attached hydrogens (tertiary/aromatic N) is 1. The second kappa shape index (κ2) is 8.99. The van der Waals surface area contributed by atoms with Crippen molar-refractivity contribution < 1.29 is 9.47 Å². The molecule has 27 heavy (non-hydrogen) atoms. The molecular weight excluding hydrogens is 453 g/mol. The van der Waals surface area contributed by atoms with E-state index in [1.165, 1.54) is 31.2 Å². The maximum absolute atomic E-state index is 6.03. The molecule has 5 nitrogen and oxygen atoms in total. The van der Waals surface area contributed by atoms with Gasteiger partial charge in [0.2, 0.25) is 0 Å². The number of rotatable bonds is 6. The Labute approximate surface area is 179 Å². The molecule has 3 unspecified atom stereocenters. The number of ether oxygens (including phenoxy) is 2. The summed E-state index contributed by atoms with van der Waals surface area (Å²) in [4.78, 5) is 4.83. The van der Waals surface area contributed by atoms with Crippen molar-refractivity contribution in [2.24, 2.45) is 16.3 Å². The lowest BCUT2D eigenvalue weighted by atomic mass is 9.46. The largest absolute Gasteiger partial charge is 0.497 e. The zero-order chi connectivity index (χ0) is 18.0. The van der Waals surface area contributed by atoms with Crippen LogP contribution in [0, 0.1) is 11.3 Å². The van der Waals surface area contributed by atoms with Gasteiger partial charge in [-0.3, -0.25) is 4.99 Å². The molecule has 2 saturated carbocycles. The molecule has 1 saturated heterocycles. The predicted molar refractivity (Wildman–Crippen MR) is 119 cm³/mol. The van der Waals surface area contributed by atoms with Crippen molar-refractivity contribution in [3.05, 3.63) is 29.8 Å². The molecule has 150 valence electrons. The zero-order valence-corrected chi connectivity index (χ0v) is 18.7. The van der Waals surface area contributed by atoms with E-state index in [2.05, 4.69) is 29.7 Å². The number of benzene rings is 1. The molecule has 1 spiro atoms. The number of halogens is 1. The molecule has 0 bridgehead atoms. The van der Waals surface area contributed by atoms with Crippen molar-refractivity contribution in [1.82, 2.24) is 10.6 Å². The van der Waals surface area contributed by atoms with Gasteiger partial charge in [0.1, 0.15) is 5.75 Å². The first-order valence-electron chi connectivity index (χ1n) is 10.1. The topological polar surface area (TPSA) is 54.9 Å². The van der Waals surface area contributed by atoms with Crippen molar-refractivity contribution in [2.45, 2.75) is 51.2 Å². The number of hydrogen-bond donors (Lipinski definition) is 2. The van der Waals surface area contributed by atoms with Crippen LogP contribution in [0.4, 0.5) is 0 Å². The van der Waals surface area contributed by atoms with Gasteiger partial charge in [0.15, 0.2) is 5.96 Å². The third-order valence-electron chi connectivity index (χ3n) is 6.50. The van der Waals surface area contributed by atoms with Gasteiger partial charge in [0, 0.05) is 37.1 Å². The Morgan fingerprint density at radius 3 is 2.70 bits per heavy atom. The molecule has 0 aromatic heterocycles. The van der Waals surface area contributed by atoms with E-state index < -0.39 is 0 Å². The van der Waals surface area contributed by atoms with Gasteiger partial charge in [-0.1, -0.05) is 18.6 Å². The smallest absolute Gasteiger partial charge is 0.191 e. The molecule has 3 atom stereocenters. The average molecular weight is 485 g/mol. The van der Waals surface area contributed by atoms with E-state index in [9.17, 15) is 0 Å². The lowest BCUT2D eigenvalue weighted by Crippen LogP contribution is -2.72. The molecule has 1 aromatic carbocycles. The van der Waals surface area contributed by atoms with Crippen LogP contribution in [0.1, 0.15) is 38.2 Å². The summed E-state index contributed by atoms with van der Waals surface area (Å²) >= 11 is 0. The molecule has 6 heteroatoms. The van der Waals surface area contributed by atoms with Crippen LogP contribution in [0.3, 0.4) is 0 Å². The predicted octanol–water partition coefficient (Wildman–Crippen LogP) is 3.37. The normalized spacial score (nSPS) is 27.8. The van der Waals surface area contributed by atoms with E-state index in [0.717, 1.165) is 37.8 Å². The number of nitrogens with one attached hydrogen (secondary N) is 2. The molecule has 3 fully saturated rings. The van der Waals surface area contributed by atoms with Crippen molar-refractivity contribution in [3.8, 4) is 5.75 Å². The van der Waals surface area contributed by atoms with E-state index in [1.807, 2.05) is 12.1 Å². The molecule has 2 N–H and O–H groups in total. The van der Waals surface area contributed by atoms with Crippen molar-refractivity contribution in [1.29, 1.82) is 0 Å². The molecule has 2 aliphatic carbocycles. The minimum atomic E-state index is 0. The van der Waals surface area contributed by atoms with E-state index in [1.54, 1.807) is 7.11 Å². The Morgan fingerprint density at radius 2 is 2.07 bits per heavy atom. The SMILES string of the molecule is CCNC(=NCCc1ccc(OC)cc1)NC1C2CCOC2C12CCC2.I. The number of hydrogen-bond acceptors (Lipinski definition) is 3. The second-order valence-corrected chi connectivity index (χ2v) is 7.81. The Hall–Kier alpha value is -1.02. The molecule has 0 radical (unpaired) electrons. The first kappa shape index (κ1) is 20.7. The summed E-state index contributed by atoms with van der Waals surface area (Å²) in [6.07, 6.45) is 6.57. The fourth-order valence-corrected chi connectivity index (χ4v) is 5.01. The van der Waals surface area contributed by atoms with Crippen LogP contribution in [0.2, 0.25) is 0 Å². The van der Waals surface area contributed by atoms with Crippen LogP contribution in [0.15, 0.2) is 29.3 Å². The molecule has 1 heterocycles. The van der Waals surface area contributed by atoms with Crippen molar-refractivity contribution in [3.63, 3.8) is 0 Å². The Bertz CT molecular complexity index is 645. The highest BCUT2D eigenvalue weighted by molar-refractivity contribution is 14.0. The minimum absolute atomic E-state index is 0. The summed E-state index contributed by atoms with van der Waals surface area (Å²) in [5.41, 5.74) is 1.67. The second-order valence-electron chi connectivity index (χ2n) is 7.81. The number of methoxy groups -OCH3 is 1. The lowest BCUT2D eigenvalue weighted by Gasteiger charge is -2.63.